The largest absolute Gasteiger partial charge is 0.493 e. The predicted molar refractivity (Wildman–Crippen MR) is 84.0 cm³/mol. The summed E-state index contributed by atoms with van der Waals surface area (Å²) in [6.07, 6.45) is 2.60. The van der Waals surface area contributed by atoms with Gasteiger partial charge in [-0.3, -0.25) is 4.79 Å². The van der Waals surface area contributed by atoms with Crippen LogP contribution in [0.15, 0.2) is 30.9 Å². The summed E-state index contributed by atoms with van der Waals surface area (Å²) in [7, 11) is 5.19. The van der Waals surface area contributed by atoms with E-state index in [1.165, 1.54) is 0 Å². The highest BCUT2D eigenvalue weighted by Gasteiger charge is 2.11. The first-order chi connectivity index (χ1) is 10.1. The number of rotatable bonds is 9. The maximum absolute atomic E-state index is 11.9. The minimum Gasteiger partial charge on any atom is -0.493 e. The van der Waals surface area contributed by atoms with E-state index in [1.54, 1.807) is 19.1 Å². The SMILES string of the molecule is C=CCc1ccc(OCC(=O)N(C)CCNC)c(OC)c1. The molecule has 0 aliphatic heterocycles. The van der Waals surface area contributed by atoms with Crippen LogP contribution in [0.4, 0.5) is 0 Å². The standard InChI is InChI=1S/C16H24N2O3/c1-5-6-13-7-8-14(15(11-13)20-4)21-12-16(19)18(3)10-9-17-2/h5,7-8,11,17H,1,6,9-10,12H2,2-4H3. The average molecular weight is 292 g/mol. The summed E-state index contributed by atoms with van der Waals surface area (Å²) in [5, 5.41) is 3.00. The number of nitrogens with zero attached hydrogens (tertiary/aromatic N) is 1. The molecule has 0 saturated heterocycles. The van der Waals surface area contributed by atoms with Crippen LogP contribution in [-0.4, -0.2) is 51.7 Å². The molecule has 0 fully saturated rings. The van der Waals surface area contributed by atoms with Gasteiger partial charge >= 0.3 is 0 Å². The summed E-state index contributed by atoms with van der Waals surface area (Å²) < 4.78 is 10.9. The third-order valence-electron chi connectivity index (χ3n) is 3.08. The Morgan fingerprint density at radius 3 is 2.81 bits per heavy atom. The lowest BCUT2D eigenvalue weighted by atomic mass is 10.1. The van der Waals surface area contributed by atoms with Crippen LogP contribution in [0.1, 0.15) is 5.56 Å². The molecular formula is C16H24N2O3. The number of likely N-dealkylation sites (N-methyl/N-ethyl adjacent to an activating group) is 2. The van der Waals surface area contributed by atoms with E-state index in [9.17, 15) is 4.79 Å². The molecule has 0 spiro atoms. The van der Waals surface area contributed by atoms with Crippen LogP contribution in [0.5, 0.6) is 11.5 Å². The Hall–Kier alpha value is -2.01. The van der Waals surface area contributed by atoms with Crippen molar-refractivity contribution in [3.05, 3.63) is 36.4 Å². The van der Waals surface area contributed by atoms with Crippen molar-refractivity contribution in [1.29, 1.82) is 0 Å². The van der Waals surface area contributed by atoms with E-state index in [0.717, 1.165) is 18.5 Å². The molecule has 0 aliphatic rings. The summed E-state index contributed by atoms with van der Waals surface area (Å²) in [6.45, 7) is 5.11. The van der Waals surface area contributed by atoms with Crippen LogP contribution >= 0.6 is 0 Å². The third kappa shape index (κ3) is 5.47. The number of nitrogens with one attached hydrogen (secondary N) is 1. The maximum Gasteiger partial charge on any atom is 0.260 e. The second-order valence-electron chi connectivity index (χ2n) is 4.69. The zero-order chi connectivity index (χ0) is 15.7. The quantitative estimate of drug-likeness (QED) is 0.701. The summed E-state index contributed by atoms with van der Waals surface area (Å²) >= 11 is 0. The number of hydrogen-bond acceptors (Lipinski definition) is 4. The molecule has 0 bridgehead atoms. The van der Waals surface area contributed by atoms with Crippen LogP contribution in [0.3, 0.4) is 0 Å². The molecule has 21 heavy (non-hydrogen) atoms. The lowest BCUT2D eigenvalue weighted by Gasteiger charge is -2.18. The highest BCUT2D eigenvalue weighted by atomic mass is 16.5. The van der Waals surface area contributed by atoms with Crippen LogP contribution < -0.4 is 14.8 Å². The lowest BCUT2D eigenvalue weighted by molar-refractivity contribution is -0.132. The van der Waals surface area contributed by atoms with Gasteiger partial charge in [0.2, 0.25) is 0 Å². The van der Waals surface area contributed by atoms with Gasteiger partial charge in [0.25, 0.3) is 5.91 Å². The maximum atomic E-state index is 11.9. The fraction of sp³-hybridized carbons (Fsp3) is 0.438. The van der Waals surface area contributed by atoms with Gasteiger partial charge in [-0.2, -0.15) is 0 Å². The number of methoxy groups -OCH3 is 1. The third-order valence-corrected chi connectivity index (χ3v) is 3.08. The highest BCUT2D eigenvalue weighted by Crippen LogP contribution is 2.28. The van der Waals surface area contributed by atoms with Gasteiger partial charge in [-0.05, 0) is 31.2 Å². The van der Waals surface area contributed by atoms with Gasteiger partial charge in [0, 0.05) is 20.1 Å². The fourth-order valence-electron chi connectivity index (χ4n) is 1.78. The topological polar surface area (TPSA) is 50.8 Å². The fourth-order valence-corrected chi connectivity index (χ4v) is 1.78. The van der Waals surface area contributed by atoms with Crippen molar-refractivity contribution in [2.45, 2.75) is 6.42 Å². The van der Waals surface area contributed by atoms with Crippen molar-refractivity contribution >= 4 is 5.91 Å². The monoisotopic (exact) mass is 292 g/mol. The van der Waals surface area contributed by atoms with Crippen LogP contribution in [-0.2, 0) is 11.2 Å². The first-order valence-electron chi connectivity index (χ1n) is 6.91. The summed E-state index contributed by atoms with van der Waals surface area (Å²) in [4.78, 5) is 13.5. The van der Waals surface area contributed by atoms with Crippen molar-refractivity contribution in [2.24, 2.45) is 0 Å². The molecule has 1 amide bonds. The molecular weight excluding hydrogens is 268 g/mol. The van der Waals surface area contributed by atoms with Crippen molar-refractivity contribution in [3.8, 4) is 11.5 Å². The number of amides is 1. The van der Waals surface area contributed by atoms with Gasteiger partial charge < -0.3 is 19.7 Å². The number of hydrogen-bond donors (Lipinski definition) is 1. The van der Waals surface area contributed by atoms with Gasteiger partial charge in [0.15, 0.2) is 18.1 Å². The Morgan fingerprint density at radius 1 is 1.43 bits per heavy atom. The molecule has 5 heteroatoms. The summed E-state index contributed by atoms with van der Waals surface area (Å²) in [6, 6.07) is 5.65. The van der Waals surface area contributed by atoms with E-state index in [2.05, 4.69) is 11.9 Å². The molecule has 0 atom stereocenters. The Morgan fingerprint density at radius 2 is 2.19 bits per heavy atom. The molecule has 116 valence electrons. The Kier molecular flexibility index (Phi) is 7.32. The van der Waals surface area contributed by atoms with Gasteiger partial charge in [-0.15, -0.1) is 6.58 Å². The normalized spacial score (nSPS) is 10.0. The van der Waals surface area contributed by atoms with E-state index in [1.807, 2.05) is 31.3 Å². The second kappa shape index (κ2) is 9.02. The smallest absolute Gasteiger partial charge is 0.260 e. The molecule has 1 aromatic carbocycles. The Bertz CT molecular complexity index is 475. The zero-order valence-corrected chi connectivity index (χ0v) is 13.0. The van der Waals surface area contributed by atoms with Gasteiger partial charge in [-0.1, -0.05) is 12.1 Å². The summed E-state index contributed by atoms with van der Waals surface area (Å²) in [5.74, 6) is 1.13. The van der Waals surface area contributed by atoms with E-state index in [-0.39, 0.29) is 12.5 Å². The van der Waals surface area contributed by atoms with Gasteiger partial charge in [0.05, 0.1) is 7.11 Å². The minimum atomic E-state index is -0.0672. The van der Waals surface area contributed by atoms with E-state index in [0.29, 0.717) is 18.0 Å². The summed E-state index contributed by atoms with van der Waals surface area (Å²) in [5.41, 5.74) is 1.09. The molecule has 0 heterocycles. The molecule has 1 N–H and O–H groups in total. The van der Waals surface area contributed by atoms with Crippen molar-refractivity contribution in [3.63, 3.8) is 0 Å². The molecule has 5 nitrogen and oxygen atoms in total. The number of allylic oxidation sites excluding steroid dienone is 1. The van der Waals surface area contributed by atoms with Crippen LogP contribution in [0, 0.1) is 0 Å². The molecule has 1 aromatic rings. The average Bonchev–Trinajstić information content (AvgIpc) is 2.51. The van der Waals surface area contributed by atoms with E-state index in [4.69, 9.17) is 9.47 Å². The molecule has 0 aliphatic carbocycles. The van der Waals surface area contributed by atoms with Crippen molar-refractivity contribution in [1.82, 2.24) is 10.2 Å². The Balaban J connectivity index is 2.62. The predicted octanol–water partition coefficient (Wildman–Crippen LogP) is 1.48. The van der Waals surface area contributed by atoms with Crippen molar-refractivity contribution < 1.29 is 14.3 Å². The molecule has 0 unspecified atom stereocenters. The number of ether oxygens (including phenoxy) is 2. The number of benzene rings is 1. The zero-order valence-electron chi connectivity index (χ0n) is 13.0. The van der Waals surface area contributed by atoms with Crippen molar-refractivity contribution in [2.75, 3.05) is 40.9 Å². The van der Waals surface area contributed by atoms with Gasteiger partial charge in [-0.25, -0.2) is 0 Å². The van der Waals surface area contributed by atoms with Gasteiger partial charge in [0.1, 0.15) is 0 Å². The lowest BCUT2D eigenvalue weighted by Crippen LogP contribution is -2.35. The molecule has 0 saturated carbocycles. The van der Waals surface area contributed by atoms with E-state index >= 15 is 0 Å². The minimum absolute atomic E-state index is 0.00260. The van der Waals surface area contributed by atoms with E-state index < -0.39 is 0 Å². The molecule has 1 rings (SSSR count). The second-order valence-corrected chi connectivity index (χ2v) is 4.69. The highest BCUT2D eigenvalue weighted by molar-refractivity contribution is 5.77. The first kappa shape index (κ1) is 17.0. The first-order valence-corrected chi connectivity index (χ1v) is 6.91. The number of carbonyl (C=O) groups excluding carboxylic acids is 1. The molecule has 0 aromatic heterocycles. The number of carbonyl (C=O) groups is 1. The molecule has 0 radical (unpaired) electrons. The Labute approximate surface area is 126 Å². The van der Waals surface area contributed by atoms with Crippen LogP contribution in [0.2, 0.25) is 0 Å². The van der Waals surface area contributed by atoms with Crippen LogP contribution in [0.25, 0.3) is 0 Å².